The molecule has 1 aliphatic rings. The fourth-order valence-electron chi connectivity index (χ4n) is 4.90. The summed E-state index contributed by atoms with van der Waals surface area (Å²) in [5, 5.41) is 2.62. The lowest BCUT2D eigenvalue weighted by atomic mass is 9.86. The number of cyclic esters (lactones) is 1. The van der Waals surface area contributed by atoms with Crippen molar-refractivity contribution in [1.82, 2.24) is 5.32 Å². The third-order valence-electron chi connectivity index (χ3n) is 7.06. The molecule has 1 N–H and O–H groups in total. The summed E-state index contributed by atoms with van der Waals surface area (Å²) in [5.74, 6) is -0.302. The van der Waals surface area contributed by atoms with Crippen LogP contribution in [0.1, 0.15) is 137 Å². The number of carbonyl (C=O) groups excluding carboxylic acids is 3. The minimum Gasteiger partial charge on any atom is -0.461 e. The number of ether oxygens (including phenoxy) is 2. The van der Waals surface area contributed by atoms with E-state index in [1.54, 1.807) is 0 Å². The van der Waals surface area contributed by atoms with Gasteiger partial charge in [-0.05, 0) is 31.6 Å². The van der Waals surface area contributed by atoms with E-state index < -0.39 is 6.04 Å². The monoisotopic (exact) mass is 495 g/mol. The highest BCUT2D eigenvalue weighted by atomic mass is 16.6. The number of hydrogen-bond donors (Lipinski definition) is 1. The average Bonchev–Trinajstić information content (AvgIpc) is 2.81. The smallest absolute Gasteiger partial charge is 0.328 e. The maximum atomic E-state index is 12.9. The molecule has 4 atom stereocenters. The molecule has 0 saturated carbocycles. The van der Waals surface area contributed by atoms with E-state index in [0.29, 0.717) is 19.3 Å². The largest absolute Gasteiger partial charge is 0.461 e. The lowest BCUT2D eigenvalue weighted by molar-refractivity contribution is -0.190. The molecule has 6 heteroatoms. The van der Waals surface area contributed by atoms with Gasteiger partial charge >= 0.3 is 11.9 Å². The Balaban J connectivity index is 2.58. The third kappa shape index (κ3) is 13.9. The maximum absolute atomic E-state index is 12.9. The fourth-order valence-corrected chi connectivity index (χ4v) is 4.90. The van der Waals surface area contributed by atoms with Gasteiger partial charge in [-0.25, -0.2) is 4.79 Å². The normalized spacial score (nSPS) is 19.1. The molecule has 1 heterocycles. The van der Waals surface area contributed by atoms with Crippen molar-refractivity contribution in [2.24, 2.45) is 11.8 Å². The second-order valence-electron chi connectivity index (χ2n) is 10.8. The Labute approximate surface area is 214 Å². The third-order valence-corrected chi connectivity index (χ3v) is 7.06. The Kier molecular flexibility index (Phi) is 17.6. The molecule has 35 heavy (non-hydrogen) atoms. The molecule has 0 aliphatic carbocycles. The Morgan fingerprint density at radius 1 is 0.943 bits per heavy atom. The Bertz CT molecular complexity index is 579. The van der Waals surface area contributed by atoms with E-state index in [2.05, 4.69) is 19.2 Å². The second-order valence-corrected chi connectivity index (χ2v) is 10.8. The Hall–Kier alpha value is -1.59. The van der Waals surface area contributed by atoms with Crippen LogP contribution in [0.3, 0.4) is 0 Å². The number of esters is 2. The zero-order valence-corrected chi connectivity index (χ0v) is 23.0. The first-order valence-corrected chi connectivity index (χ1v) is 14.5. The van der Waals surface area contributed by atoms with Crippen LogP contribution in [-0.4, -0.2) is 36.6 Å². The van der Waals surface area contributed by atoms with Gasteiger partial charge in [0, 0.05) is 6.42 Å². The topological polar surface area (TPSA) is 81.7 Å². The van der Waals surface area contributed by atoms with Gasteiger partial charge in [0.15, 0.2) is 0 Å². The van der Waals surface area contributed by atoms with Crippen LogP contribution in [0.25, 0.3) is 0 Å². The fraction of sp³-hybridized carbons (Fsp3) is 0.897. The number of amides is 1. The molecule has 0 spiro atoms. The van der Waals surface area contributed by atoms with Crippen molar-refractivity contribution >= 4 is 18.3 Å². The molecule has 1 aliphatic heterocycles. The standard InChI is InChI=1S/C29H53NO5/c1-5-7-9-11-12-13-14-15-16-18-24(34-29(33)26(30-22-31)20-23(3)4)21-27-25(28(32)35-27)19-17-10-8-6-2/h22-27H,5-21H2,1-4H3,(H,30,31)/t24-,25+,26?,27+/m0/s1. The van der Waals surface area contributed by atoms with E-state index in [4.69, 9.17) is 9.47 Å². The molecule has 1 amide bonds. The first kappa shape index (κ1) is 31.4. The molecule has 1 rings (SSSR count). The van der Waals surface area contributed by atoms with E-state index in [1.807, 2.05) is 13.8 Å². The van der Waals surface area contributed by atoms with Crippen LogP contribution >= 0.6 is 0 Å². The predicted molar refractivity (Wildman–Crippen MR) is 141 cm³/mol. The zero-order chi connectivity index (χ0) is 25.9. The highest BCUT2D eigenvalue weighted by Gasteiger charge is 2.43. The van der Waals surface area contributed by atoms with Gasteiger partial charge in [0.05, 0.1) is 5.92 Å². The van der Waals surface area contributed by atoms with E-state index >= 15 is 0 Å². The average molecular weight is 496 g/mol. The molecule has 1 saturated heterocycles. The molecule has 0 aromatic heterocycles. The van der Waals surface area contributed by atoms with Crippen molar-refractivity contribution in [2.75, 3.05) is 0 Å². The van der Waals surface area contributed by atoms with Crippen molar-refractivity contribution in [2.45, 2.75) is 155 Å². The molecule has 0 aromatic carbocycles. The summed E-state index contributed by atoms with van der Waals surface area (Å²) < 4.78 is 11.4. The molecule has 1 fully saturated rings. The summed E-state index contributed by atoms with van der Waals surface area (Å²) in [7, 11) is 0. The number of nitrogens with one attached hydrogen (secondary N) is 1. The molecule has 6 nitrogen and oxygen atoms in total. The number of carbonyl (C=O) groups is 3. The Morgan fingerprint density at radius 3 is 2.06 bits per heavy atom. The van der Waals surface area contributed by atoms with Crippen molar-refractivity contribution in [3.8, 4) is 0 Å². The molecule has 204 valence electrons. The molecule has 0 aromatic rings. The first-order chi connectivity index (χ1) is 16.9. The van der Waals surface area contributed by atoms with Crippen molar-refractivity contribution in [1.29, 1.82) is 0 Å². The molecule has 0 bridgehead atoms. The summed E-state index contributed by atoms with van der Waals surface area (Å²) in [6.45, 7) is 8.45. The van der Waals surface area contributed by atoms with Gasteiger partial charge in [-0.3, -0.25) is 9.59 Å². The SMILES string of the molecule is CCCCCCCCCCC[C@@H](C[C@H]1OC(=O)[C@@H]1CCCCCC)OC(=O)C(CC(C)C)NC=O. The molecule has 0 radical (unpaired) electrons. The van der Waals surface area contributed by atoms with Crippen LogP contribution in [0, 0.1) is 11.8 Å². The van der Waals surface area contributed by atoms with Gasteiger partial charge in [-0.2, -0.15) is 0 Å². The lowest BCUT2D eigenvalue weighted by Crippen LogP contribution is -2.48. The highest BCUT2D eigenvalue weighted by molar-refractivity contribution is 5.79. The quantitative estimate of drug-likeness (QED) is 0.0949. The predicted octanol–water partition coefficient (Wildman–Crippen LogP) is 6.88. The van der Waals surface area contributed by atoms with Gasteiger partial charge < -0.3 is 14.8 Å². The van der Waals surface area contributed by atoms with Crippen molar-refractivity contribution in [3.05, 3.63) is 0 Å². The van der Waals surface area contributed by atoms with E-state index in [9.17, 15) is 14.4 Å². The zero-order valence-electron chi connectivity index (χ0n) is 23.0. The van der Waals surface area contributed by atoms with Crippen LogP contribution in [0.4, 0.5) is 0 Å². The number of rotatable bonds is 23. The first-order valence-electron chi connectivity index (χ1n) is 14.5. The van der Waals surface area contributed by atoms with E-state index in [-0.39, 0.29) is 36.0 Å². The number of hydrogen-bond acceptors (Lipinski definition) is 5. The van der Waals surface area contributed by atoms with Gasteiger partial charge in [0.25, 0.3) is 0 Å². The van der Waals surface area contributed by atoms with Gasteiger partial charge in [-0.1, -0.05) is 105 Å². The summed E-state index contributed by atoms with van der Waals surface area (Å²) in [6.07, 6.45) is 18.5. The highest BCUT2D eigenvalue weighted by Crippen LogP contribution is 2.32. The van der Waals surface area contributed by atoms with Crippen LogP contribution in [0.2, 0.25) is 0 Å². The second kappa shape index (κ2) is 19.6. The minimum atomic E-state index is -0.632. The van der Waals surface area contributed by atoms with Gasteiger partial charge in [-0.15, -0.1) is 0 Å². The summed E-state index contributed by atoms with van der Waals surface area (Å²) in [4.78, 5) is 36.0. The summed E-state index contributed by atoms with van der Waals surface area (Å²) in [6, 6.07) is -0.632. The minimum absolute atomic E-state index is 0.0734. The molecule has 1 unspecified atom stereocenters. The maximum Gasteiger partial charge on any atom is 0.328 e. The van der Waals surface area contributed by atoms with E-state index in [1.165, 1.54) is 57.8 Å². The van der Waals surface area contributed by atoms with Crippen molar-refractivity contribution in [3.63, 3.8) is 0 Å². The Morgan fingerprint density at radius 2 is 1.51 bits per heavy atom. The van der Waals surface area contributed by atoms with Gasteiger partial charge in [0.1, 0.15) is 18.2 Å². The van der Waals surface area contributed by atoms with Crippen molar-refractivity contribution < 1.29 is 23.9 Å². The van der Waals surface area contributed by atoms with Gasteiger partial charge in [0.2, 0.25) is 6.41 Å². The number of unbranched alkanes of at least 4 members (excludes halogenated alkanes) is 11. The van der Waals surface area contributed by atoms with E-state index in [0.717, 1.165) is 38.5 Å². The molecular weight excluding hydrogens is 442 g/mol. The van der Waals surface area contributed by atoms with Crippen LogP contribution in [0.5, 0.6) is 0 Å². The molecular formula is C29H53NO5. The summed E-state index contributed by atoms with van der Waals surface area (Å²) >= 11 is 0. The lowest BCUT2D eigenvalue weighted by Gasteiger charge is -2.37. The van der Waals surface area contributed by atoms with Crippen LogP contribution in [-0.2, 0) is 23.9 Å². The summed E-state index contributed by atoms with van der Waals surface area (Å²) in [5.41, 5.74) is 0. The van der Waals surface area contributed by atoms with Crippen LogP contribution < -0.4 is 5.32 Å². The van der Waals surface area contributed by atoms with Crippen LogP contribution in [0.15, 0.2) is 0 Å².